The van der Waals surface area contributed by atoms with Crippen LogP contribution in [0.1, 0.15) is 24.4 Å². The van der Waals surface area contributed by atoms with Crippen molar-refractivity contribution in [2.75, 3.05) is 44.7 Å². The molecular weight excluding hydrogens is 410 g/mol. The summed E-state index contributed by atoms with van der Waals surface area (Å²) in [4.78, 5) is 39.6. The van der Waals surface area contributed by atoms with E-state index < -0.39 is 0 Å². The van der Waals surface area contributed by atoms with Gasteiger partial charge in [-0.05, 0) is 38.8 Å². The zero-order chi connectivity index (χ0) is 22.7. The van der Waals surface area contributed by atoms with E-state index >= 15 is 0 Å². The van der Waals surface area contributed by atoms with Crippen LogP contribution in [-0.2, 0) is 4.79 Å². The maximum Gasteiger partial charge on any atom is 0.325 e. The third-order valence-corrected chi connectivity index (χ3v) is 5.76. The summed E-state index contributed by atoms with van der Waals surface area (Å²) in [5.74, 6) is 1.77. The van der Waals surface area contributed by atoms with E-state index in [4.69, 9.17) is 9.47 Å². The van der Waals surface area contributed by atoms with Crippen LogP contribution in [0.15, 0.2) is 30.3 Å². The Bertz CT molecular complexity index is 978. The average molecular weight is 440 g/mol. The normalized spacial score (nSPS) is 18.8. The third-order valence-electron chi connectivity index (χ3n) is 5.76. The van der Waals surface area contributed by atoms with Crippen LogP contribution in [-0.4, -0.2) is 77.6 Å². The smallest absolute Gasteiger partial charge is 0.325 e. The Morgan fingerprint density at radius 2 is 1.97 bits per heavy atom. The lowest BCUT2D eigenvalue weighted by molar-refractivity contribution is -0.134. The molecule has 9 nitrogen and oxygen atoms in total. The summed E-state index contributed by atoms with van der Waals surface area (Å²) >= 11 is 0. The SMILES string of the molecule is COc1ccccc1N1CCN(CC(=O)N2CCC[C@H](Oc3cc(C)nc(C)n3)C2)C1=O. The van der Waals surface area contributed by atoms with Crippen LogP contribution in [0.3, 0.4) is 0 Å². The molecule has 2 aliphatic heterocycles. The minimum absolute atomic E-state index is 0.0585. The largest absolute Gasteiger partial charge is 0.495 e. The van der Waals surface area contributed by atoms with Gasteiger partial charge in [-0.3, -0.25) is 9.69 Å². The summed E-state index contributed by atoms with van der Waals surface area (Å²) in [5.41, 5.74) is 1.57. The maximum absolute atomic E-state index is 13.0. The first kappa shape index (κ1) is 21.9. The number of urea groups is 1. The topological polar surface area (TPSA) is 88.1 Å². The van der Waals surface area contributed by atoms with Gasteiger partial charge in [0.15, 0.2) is 0 Å². The molecule has 0 bridgehead atoms. The number of methoxy groups -OCH3 is 1. The number of piperidine rings is 1. The molecule has 0 spiro atoms. The van der Waals surface area contributed by atoms with Crippen molar-refractivity contribution in [3.63, 3.8) is 0 Å². The number of ether oxygens (including phenoxy) is 2. The Morgan fingerprint density at radius 1 is 1.16 bits per heavy atom. The van der Waals surface area contributed by atoms with E-state index in [1.165, 1.54) is 0 Å². The highest BCUT2D eigenvalue weighted by Gasteiger charge is 2.34. The molecule has 1 aromatic heterocycles. The molecule has 0 saturated carbocycles. The fourth-order valence-corrected chi connectivity index (χ4v) is 4.24. The van der Waals surface area contributed by atoms with Crippen LogP contribution >= 0.6 is 0 Å². The second-order valence-electron chi connectivity index (χ2n) is 8.14. The number of carbonyl (C=O) groups excluding carboxylic acids is 2. The number of benzene rings is 1. The van der Waals surface area contributed by atoms with Crippen molar-refractivity contribution >= 4 is 17.6 Å². The van der Waals surface area contributed by atoms with Gasteiger partial charge in [0.2, 0.25) is 11.8 Å². The highest BCUT2D eigenvalue weighted by Crippen LogP contribution is 2.30. The van der Waals surface area contributed by atoms with Crippen molar-refractivity contribution in [3.8, 4) is 11.6 Å². The molecule has 2 aromatic rings. The Kier molecular flexibility index (Phi) is 6.43. The van der Waals surface area contributed by atoms with Crippen molar-refractivity contribution in [1.29, 1.82) is 0 Å². The number of para-hydroxylation sites is 2. The molecule has 0 aliphatic carbocycles. The Labute approximate surface area is 187 Å². The lowest BCUT2D eigenvalue weighted by atomic mass is 10.1. The van der Waals surface area contributed by atoms with Gasteiger partial charge >= 0.3 is 6.03 Å². The van der Waals surface area contributed by atoms with Crippen LogP contribution < -0.4 is 14.4 Å². The fourth-order valence-electron chi connectivity index (χ4n) is 4.24. The lowest BCUT2D eigenvalue weighted by Gasteiger charge is -2.33. The Balaban J connectivity index is 1.36. The van der Waals surface area contributed by atoms with Gasteiger partial charge in [0.25, 0.3) is 0 Å². The molecule has 0 N–H and O–H groups in total. The molecule has 9 heteroatoms. The number of nitrogens with zero attached hydrogens (tertiary/aromatic N) is 5. The van der Waals surface area contributed by atoms with Crippen molar-refractivity contribution < 1.29 is 19.1 Å². The number of hydrogen-bond acceptors (Lipinski definition) is 6. The standard InChI is InChI=1S/C23H29N5O4/c1-16-13-21(25-17(2)24-16)32-18-7-6-10-26(14-18)22(29)15-27-11-12-28(23(27)30)19-8-4-5-9-20(19)31-3/h4-5,8-9,13,18H,6-7,10-12,14-15H2,1-3H3/t18-/m0/s1. The summed E-state index contributed by atoms with van der Waals surface area (Å²) < 4.78 is 11.4. The maximum atomic E-state index is 13.0. The molecule has 170 valence electrons. The molecule has 0 radical (unpaired) electrons. The summed E-state index contributed by atoms with van der Waals surface area (Å²) in [6.45, 7) is 5.96. The molecule has 2 saturated heterocycles. The number of anilines is 1. The van der Waals surface area contributed by atoms with E-state index in [1.54, 1.807) is 21.8 Å². The quantitative estimate of drug-likeness (QED) is 0.687. The second kappa shape index (κ2) is 9.42. The third kappa shape index (κ3) is 4.76. The number of aryl methyl sites for hydroxylation is 2. The number of carbonyl (C=O) groups is 2. The molecular formula is C23H29N5O4. The predicted molar refractivity (Wildman–Crippen MR) is 119 cm³/mol. The van der Waals surface area contributed by atoms with Crippen LogP contribution in [0.2, 0.25) is 0 Å². The zero-order valence-corrected chi connectivity index (χ0v) is 18.8. The average Bonchev–Trinajstić information content (AvgIpc) is 3.13. The highest BCUT2D eigenvalue weighted by atomic mass is 16.5. The molecule has 2 aliphatic rings. The van der Waals surface area contributed by atoms with Crippen molar-refractivity contribution in [2.24, 2.45) is 0 Å². The molecule has 1 aromatic carbocycles. The molecule has 32 heavy (non-hydrogen) atoms. The molecule has 4 rings (SSSR count). The van der Waals surface area contributed by atoms with E-state index in [0.29, 0.717) is 43.6 Å². The molecule has 0 unspecified atom stereocenters. The highest BCUT2D eigenvalue weighted by molar-refractivity contribution is 5.97. The fraction of sp³-hybridized carbons (Fsp3) is 0.478. The second-order valence-corrected chi connectivity index (χ2v) is 8.14. The molecule has 3 heterocycles. The predicted octanol–water partition coefficient (Wildman–Crippen LogP) is 2.41. The molecule has 2 fully saturated rings. The number of aromatic nitrogens is 2. The van der Waals surface area contributed by atoms with E-state index in [0.717, 1.165) is 24.2 Å². The first-order valence-corrected chi connectivity index (χ1v) is 10.9. The minimum Gasteiger partial charge on any atom is -0.495 e. The van der Waals surface area contributed by atoms with Gasteiger partial charge in [-0.1, -0.05) is 12.1 Å². The summed E-state index contributed by atoms with van der Waals surface area (Å²) in [7, 11) is 1.58. The molecule has 3 amide bonds. The monoisotopic (exact) mass is 439 g/mol. The number of amides is 3. The van der Waals surface area contributed by atoms with Gasteiger partial charge < -0.3 is 19.3 Å². The first-order chi connectivity index (χ1) is 15.4. The zero-order valence-electron chi connectivity index (χ0n) is 18.8. The van der Waals surface area contributed by atoms with E-state index in [9.17, 15) is 9.59 Å². The van der Waals surface area contributed by atoms with Crippen LogP contribution in [0.25, 0.3) is 0 Å². The van der Waals surface area contributed by atoms with Crippen LogP contribution in [0, 0.1) is 13.8 Å². The lowest BCUT2D eigenvalue weighted by Crippen LogP contribution is -2.48. The van der Waals surface area contributed by atoms with Crippen molar-refractivity contribution in [1.82, 2.24) is 19.8 Å². The van der Waals surface area contributed by atoms with E-state index in [1.807, 2.05) is 44.2 Å². The summed E-state index contributed by atoms with van der Waals surface area (Å²) in [6, 6.07) is 9.04. The molecule has 1 atom stereocenters. The number of likely N-dealkylation sites (tertiary alicyclic amines) is 1. The van der Waals surface area contributed by atoms with E-state index in [-0.39, 0.29) is 24.6 Å². The van der Waals surface area contributed by atoms with Crippen LogP contribution in [0.5, 0.6) is 11.6 Å². The Morgan fingerprint density at radius 3 is 2.75 bits per heavy atom. The van der Waals surface area contributed by atoms with Gasteiger partial charge in [-0.25, -0.2) is 9.78 Å². The van der Waals surface area contributed by atoms with Gasteiger partial charge in [-0.2, -0.15) is 4.98 Å². The van der Waals surface area contributed by atoms with E-state index in [2.05, 4.69) is 9.97 Å². The number of rotatable bonds is 6. The van der Waals surface area contributed by atoms with Gasteiger partial charge in [0.1, 0.15) is 24.2 Å². The van der Waals surface area contributed by atoms with Crippen molar-refractivity contribution in [2.45, 2.75) is 32.8 Å². The summed E-state index contributed by atoms with van der Waals surface area (Å²) in [6.07, 6.45) is 1.58. The first-order valence-electron chi connectivity index (χ1n) is 10.9. The Hall–Kier alpha value is -3.36. The van der Waals surface area contributed by atoms with Gasteiger partial charge in [-0.15, -0.1) is 0 Å². The van der Waals surface area contributed by atoms with Gasteiger partial charge in [0, 0.05) is 31.4 Å². The number of hydrogen-bond donors (Lipinski definition) is 0. The minimum atomic E-state index is -0.181. The van der Waals surface area contributed by atoms with Crippen molar-refractivity contribution in [3.05, 3.63) is 41.9 Å². The van der Waals surface area contributed by atoms with Crippen LogP contribution in [0.4, 0.5) is 10.5 Å². The summed E-state index contributed by atoms with van der Waals surface area (Å²) in [5, 5.41) is 0. The van der Waals surface area contributed by atoms with Gasteiger partial charge in [0.05, 0.1) is 19.3 Å².